The van der Waals surface area contributed by atoms with E-state index in [1.807, 2.05) is 28.0 Å². The summed E-state index contributed by atoms with van der Waals surface area (Å²) >= 11 is 0. The number of benzene rings is 1. The molecule has 1 fully saturated rings. The van der Waals surface area contributed by atoms with Crippen molar-refractivity contribution in [3.63, 3.8) is 0 Å². The Morgan fingerprint density at radius 2 is 1.79 bits per heavy atom. The minimum Gasteiger partial charge on any atom is -0.495 e. The van der Waals surface area contributed by atoms with Gasteiger partial charge in [-0.3, -0.25) is 4.98 Å². The fraction of sp³-hybridized carbons (Fsp3) is 0.455. The van der Waals surface area contributed by atoms with Crippen LogP contribution < -0.4 is 9.47 Å². The number of rotatable bonds is 4. The van der Waals surface area contributed by atoms with Crippen LogP contribution in [0.5, 0.6) is 11.5 Å². The monoisotopic (exact) mass is 396 g/mol. The highest BCUT2D eigenvalue weighted by Crippen LogP contribution is 2.25. The zero-order valence-electron chi connectivity index (χ0n) is 17.1. The summed E-state index contributed by atoms with van der Waals surface area (Å²) in [5, 5.41) is 0. The molecule has 0 bridgehead atoms. The van der Waals surface area contributed by atoms with Gasteiger partial charge in [0.2, 0.25) is 0 Å². The molecule has 29 heavy (non-hydrogen) atoms. The van der Waals surface area contributed by atoms with E-state index in [4.69, 9.17) is 9.47 Å². The van der Waals surface area contributed by atoms with E-state index < -0.39 is 0 Å². The molecule has 2 aromatic rings. The Bertz CT molecular complexity index is 848. The molecular weight excluding hydrogens is 368 g/mol. The number of piperazine rings is 1. The number of fused-ring (bicyclic) bond motifs is 1. The number of aromatic nitrogens is 1. The number of methoxy groups -OCH3 is 1. The summed E-state index contributed by atoms with van der Waals surface area (Å²) in [6.07, 6.45) is 2.57. The minimum absolute atomic E-state index is 0.150. The number of carbonyl (C=O) groups excluding carboxylic acids is 1. The van der Waals surface area contributed by atoms with Crippen LogP contribution in [0.3, 0.4) is 0 Å². The second kappa shape index (κ2) is 8.69. The van der Waals surface area contributed by atoms with Crippen molar-refractivity contribution in [2.45, 2.75) is 19.6 Å². The van der Waals surface area contributed by atoms with Gasteiger partial charge in [-0.15, -0.1) is 0 Å². The van der Waals surface area contributed by atoms with Gasteiger partial charge in [0.15, 0.2) is 0 Å². The predicted molar refractivity (Wildman–Crippen MR) is 110 cm³/mol. The maximum Gasteiger partial charge on any atom is 0.320 e. The van der Waals surface area contributed by atoms with E-state index in [0.717, 1.165) is 56.3 Å². The van der Waals surface area contributed by atoms with Gasteiger partial charge in [0.05, 0.1) is 19.0 Å². The van der Waals surface area contributed by atoms with Crippen LogP contribution in [0.1, 0.15) is 16.8 Å². The number of nitrogens with zero attached hydrogens (tertiary/aromatic N) is 4. The van der Waals surface area contributed by atoms with Crippen LogP contribution in [0.25, 0.3) is 0 Å². The zero-order chi connectivity index (χ0) is 20.2. The molecule has 2 aliphatic rings. The van der Waals surface area contributed by atoms with Crippen LogP contribution in [0.15, 0.2) is 36.5 Å². The highest BCUT2D eigenvalue weighted by atomic mass is 16.5. The predicted octanol–water partition coefficient (Wildman–Crippen LogP) is 2.39. The Morgan fingerprint density at radius 1 is 1.00 bits per heavy atom. The molecule has 2 aliphatic heterocycles. The van der Waals surface area contributed by atoms with Crippen LogP contribution in [0.2, 0.25) is 0 Å². The van der Waals surface area contributed by atoms with Crippen LogP contribution in [0.4, 0.5) is 4.79 Å². The van der Waals surface area contributed by atoms with Crippen molar-refractivity contribution in [3.8, 4) is 11.5 Å². The fourth-order valence-corrected chi connectivity index (χ4v) is 3.76. The number of likely N-dealkylation sites (N-methyl/N-ethyl adjacent to an activating group) is 1. The summed E-state index contributed by atoms with van der Waals surface area (Å²) in [5.41, 5.74) is 3.30. The number of hydrogen-bond donors (Lipinski definition) is 0. The molecule has 0 saturated carbocycles. The summed E-state index contributed by atoms with van der Waals surface area (Å²) in [4.78, 5) is 23.4. The summed E-state index contributed by atoms with van der Waals surface area (Å²) in [6, 6.07) is 10.1. The van der Waals surface area contributed by atoms with Crippen molar-refractivity contribution in [1.82, 2.24) is 19.7 Å². The Labute approximate surface area is 171 Å². The van der Waals surface area contributed by atoms with Crippen LogP contribution >= 0.6 is 0 Å². The topological polar surface area (TPSA) is 58.1 Å². The molecule has 0 N–H and O–H groups in total. The summed E-state index contributed by atoms with van der Waals surface area (Å²) in [6.45, 7) is 5.29. The lowest BCUT2D eigenvalue weighted by molar-refractivity contribution is 0.118. The van der Waals surface area contributed by atoms with Gasteiger partial charge in [0.1, 0.15) is 18.1 Å². The van der Waals surface area contributed by atoms with Gasteiger partial charge in [-0.2, -0.15) is 0 Å². The number of ether oxygens (including phenoxy) is 2. The van der Waals surface area contributed by atoms with Crippen LogP contribution in [-0.2, 0) is 19.6 Å². The zero-order valence-corrected chi connectivity index (χ0v) is 17.1. The van der Waals surface area contributed by atoms with Crippen molar-refractivity contribution < 1.29 is 14.3 Å². The van der Waals surface area contributed by atoms with E-state index in [1.165, 1.54) is 11.1 Å². The largest absolute Gasteiger partial charge is 0.495 e. The quantitative estimate of drug-likeness (QED) is 0.794. The molecule has 4 rings (SSSR count). The molecule has 0 atom stereocenters. The lowest BCUT2D eigenvalue weighted by atomic mass is 9.99. The average molecular weight is 396 g/mol. The first kappa shape index (κ1) is 19.5. The second-order valence-electron chi connectivity index (χ2n) is 7.65. The first-order chi connectivity index (χ1) is 14.1. The molecule has 0 radical (unpaired) electrons. The van der Waals surface area contributed by atoms with E-state index in [0.29, 0.717) is 13.2 Å². The summed E-state index contributed by atoms with van der Waals surface area (Å²) in [5.74, 6) is 1.53. The average Bonchev–Trinajstić information content (AvgIpc) is 2.77. The van der Waals surface area contributed by atoms with Gasteiger partial charge in [-0.1, -0.05) is 6.07 Å². The SMILES string of the molecule is COc1ccc(COc2ccc3c(c2)CN(C(=O)N2CCN(C)CC2)CC3)nc1. The molecule has 7 heteroatoms. The summed E-state index contributed by atoms with van der Waals surface area (Å²) < 4.78 is 11.1. The van der Waals surface area contributed by atoms with E-state index in [-0.39, 0.29) is 6.03 Å². The van der Waals surface area contributed by atoms with Gasteiger partial charge in [0.25, 0.3) is 0 Å². The lowest BCUT2D eigenvalue weighted by Gasteiger charge is -2.38. The number of carbonyl (C=O) groups is 1. The smallest absolute Gasteiger partial charge is 0.320 e. The van der Waals surface area contributed by atoms with Gasteiger partial charge in [0, 0.05) is 39.3 Å². The minimum atomic E-state index is 0.150. The number of urea groups is 1. The fourth-order valence-electron chi connectivity index (χ4n) is 3.76. The second-order valence-corrected chi connectivity index (χ2v) is 7.65. The number of hydrogen-bond acceptors (Lipinski definition) is 5. The van der Waals surface area contributed by atoms with Crippen molar-refractivity contribution in [1.29, 1.82) is 0 Å². The first-order valence-electron chi connectivity index (χ1n) is 10.1. The van der Waals surface area contributed by atoms with Crippen LogP contribution in [0, 0.1) is 0 Å². The molecule has 7 nitrogen and oxygen atoms in total. The Hall–Kier alpha value is -2.80. The van der Waals surface area contributed by atoms with E-state index in [2.05, 4.69) is 29.1 Å². The molecule has 1 aromatic heterocycles. The third-order valence-corrected chi connectivity index (χ3v) is 5.65. The molecule has 1 saturated heterocycles. The lowest BCUT2D eigenvalue weighted by Crippen LogP contribution is -2.52. The molecule has 0 spiro atoms. The van der Waals surface area contributed by atoms with Gasteiger partial charge >= 0.3 is 6.03 Å². The molecule has 1 aromatic carbocycles. The van der Waals surface area contributed by atoms with Crippen molar-refractivity contribution in [2.24, 2.45) is 0 Å². The van der Waals surface area contributed by atoms with Crippen molar-refractivity contribution >= 4 is 6.03 Å². The highest BCUT2D eigenvalue weighted by molar-refractivity contribution is 5.75. The summed E-state index contributed by atoms with van der Waals surface area (Å²) in [7, 11) is 3.72. The molecule has 2 amide bonds. The van der Waals surface area contributed by atoms with E-state index >= 15 is 0 Å². The molecule has 154 valence electrons. The van der Waals surface area contributed by atoms with Crippen molar-refractivity contribution in [2.75, 3.05) is 46.9 Å². The van der Waals surface area contributed by atoms with Gasteiger partial charge in [-0.05, 0) is 48.9 Å². The normalized spacial score (nSPS) is 17.0. The maximum absolute atomic E-state index is 12.9. The third kappa shape index (κ3) is 4.62. The molecule has 3 heterocycles. The Kier molecular flexibility index (Phi) is 5.85. The van der Waals surface area contributed by atoms with Crippen molar-refractivity contribution in [3.05, 3.63) is 53.3 Å². The molecule has 0 aliphatic carbocycles. The number of amides is 2. The standard InChI is InChI=1S/C22H28N4O3/c1-24-9-11-25(12-10-24)22(27)26-8-7-17-3-5-20(13-18(17)15-26)29-16-19-4-6-21(28-2)14-23-19/h3-6,13-14H,7-12,15-16H2,1-2H3. The Morgan fingerprint density at radius 3 is 2.52 bits per heavy atom. The number of pyridine rings is 1. The first-order valence-corrected chi connectivity index (χ1v) is 10.1. The third-order valence-electron chi connectivity index (χ3n) is 5.65. The van der Waals surface area contributed by atoms with Crippen LogP contribution in [-0.4, -0.2) is 72.6 Å². The highest BCUT2D eigenvalue weighted by Gasteiger charge is 2.27. The van der Waals surface area contributed by atoms with Gasteiger partial charge in [-0.25, -0.2) is 4.79 Å². The van der Waals surface area contributed by atoms with E-state index in [1.54, 1.807) is 13.3 Å². The molecular formula is C22H28N4O3. The maximum atomic E-state index is 12.9. The van der Waals surface area contributed by atoms with E-state index in [9.17, 15) is 4.79 Å². The molecule has 0 unspecified atom stereocenters. The van der Waals surface area contributed by atoms with Gasteiger partial charge < -0.3 is 24.2 Å². The Balaban J connectivity index is 1.38.